The molecule has 0 bridgehead atoms. The van der Waals surface area contributed by atoms with E-state index in [2.05, 4.69) is 13.0 Å². The molecule has 0 amide bonds. The molecule has 2 N–H and O–H groups in total. The molecule has 0 spiro atoms. The fraction of sp³-hybridized carbons (Fsp3) is 0.714. The van der Waals surface area contributed by atoms with Gasteiger partial charge in [-0.3, -0.25) is 0 Å². The van der Waals surface area contributed by atoms with Crippen LogP contribution >= 0.6 is 0 Å². The van der Waals surface area contributed by atoms with E-state index in [1.807, 2.05) is 19.9 Å². The standard InChI is InChI=1S/C7H15N/c1-4-5-6-7(2,3)8/h5-6H,4,8H2,1-3H3/b6-5+. The molecule has 0 aromatic rings. The fourth-order valence-electron chi connectivity index (χ4n) is 0.422. The van der Waals surface area contributed by atoms with Crippen molar-refractivity contribution in [2.75, 3.05) is 0 Å². The maximum atomic E-state index is 5.63. The Labute approximate surface area is 51.6 Å². The van der Waals surface area contributed by atoms with Gasteiger partial charge in [0.1, 0.15) is 0 Å². The molecule has 0 atom stereocenters. The van der Waals surface area contributed by atoms with E-state index in [0.29, 0.717) is 0 Å². The predicted molar refractivity (Wildman–Crippen MR) is 37.7 cm³/mol. The van der Waals surface area contributed by atoms with Crippen molar-refractivity contribution in [3.05, 3.63) is 12.2 Å². The molecule has 1 nitrogen and oxygen atoms in total. The van der Waals surface area contributed by atoms with E-state index >= 15 is 0 Å². The highest BCUT2D eigenvalue weighted by Crippen LogP contribution is 1.98. The summed E-state index contributed by atoms with van der Waals surface area (Å²) in [6.45, 7) is 6.07. The molecule has 0 aliphatic rings. The number of nitrogens with two attached hydrogens (primary N) is 1. The van der Waals surface area contributed by atoms with Crippen LogP contribution in [-0.4, -0.2) is 5.54 Å². The Bertz CT molecular complexity index is 76.9. The van der Waals surface area contributed by atoms with Crippen molar-refractivity contribution in [2.24, 2.45) is 5.73 Å². The van der Waals surface area contributed by atoms with E-state index in [1.54, 1.807) is 0 Å². The van der Waals surface area contributed by atoms with Gasteiger partial charge in [-0.25, -0.2) is 0 Å². The molecule has 0 rings (SSSR count). The van der Waals surface area contributed by atoms with Crippen LogP contribution in [0.5, 0.6) is 0 Å². The third-order valence-electron chi connectivity index (χ3n) is 0.783. The van der Waals surface area contributed by atoms with Crippen LogP contribution in [0.2, 0.25) is 0 Å². The van der Waals surface area contributed by atoms with Gasteiger partial charge in [0.15, 0.2) is 0 Å². The quantitative estimate of drug-likeness (QED) is 0.542. The van der Waals surface area contributed by atoms with E-state index < -0.39 is 0 Å². The van der Waals surface area contributed by atoms with Crippen LogP contribution in [0, 0.1) is 0 Å². The average molecular weight is 113 g/mol. The summed E-state index contributed by atoms with van der Waals surface area (Å²) in [5.41, 5.74) is 5.51. The van der Waals surface area contributed by atoms with Gasteiger partial charge in [0.25, 0.3) is 0 Å². The lowest BCUT2D eigenvalue weighted by Crippen LogP contribution is -2.28. The van der Waals surface area contributed by atoms with Crippen molar-refractivity contribution >= 4 is 0 Å². The third kappa shape index (κ3) is 5.70. The summed E-state index contributed by atoms with van der Waals surface area (Å²) in [6.07, 6.45) is 5.17. The maximum Gasteiger partial charge on any atom is 0.0281 e. The molecule has 0 aliphatic heterocycles. The molecule has 48 valence electrons. The summed E-state index contributed by atoms with van der Waals surface area (Å²) >= 11 is 0. The zero-order chi connectivity index (χ0) is 6.62. The second kappa shape index (κ2) is 2.88. The Balaban J connectivity index is 3.52. The van der Waals surface area contributed by atoms with Gasteiger partial charge < -0.3 is 5.73 Å². The van der Waals surface area contributed by atoms with Gasteiger partial charge in [-0.05, 0) is 20.3 Å². The van der Waals surface area contributed by atoms with Gasteiger partial charge in [-0.1, -0.05) is 19.1 Å². The number of rotatable bonds is 2. The Morgan fingerprint density at radius 1 is 1.50 bits per heavy atom. The predicted octanol–water partition coefficient (Wildman–Crippen LogP) is 1.69. The van der Waals surface area contributed by atoms with Crippen LogP contribution in [0.4, 0.5) is 0 Å². The van der Waals surface area contributed by atoms with Crippen molar-refractivity contribution in [1.82, 2.24) is 0 Å². The Kier molecular flexibility index (Phi) is 2.77. The first-order chi connectivity index (χ1) is 3.56. The second-order valence-electron chi connectivity index (χ2n) is 2.63. The maximum absolute atomic E-state index is 5.63. The van der Waals surface area contributed by atoms with Crippen LogP contribution in [-0.2, 0) is 0 Å². The monoisotopic (exact) mass is 113 g/mol. The Hall–Kier alpha value is -0.300. The molecule has 8 heavy (non-hydrogen) atoms. The number of hydrogen-bond donors (Lipinski definition) is 1. The van der Waals surface area contributed by atoms with Crippen LogP contribution in [0.25, 0.3) is 0 Å². The SMILES string of the molecule is CC/C=C/C(C)(C)N. The number of hydrogen-bond acceptors (Lipinski definition) is 1. The summed E-state index contributed by atoms with van der Waals surface area (Å²) in [4.78, 5) is 0. The third-order valence-corrected chi connectivity index (χ3v) is 0.783. The lowest BCUT2D eigenvalue weighted by Gasteiger charge is -2.10. The zero-order valence-corrected chi connectivity index (χ0v) is 5.94. The van der Waals surface area contributed by atoms with Gasteiger partial charge in [0.2, 0.25) is 0 Å². The molecule has 1 heteroatoms. The summed E-state index contributed by atoms with van der Waals surface area (Å²) in [7, 11) is 0. The first-order valence-corrected chi connectivity index (χ1v) is 3.03. The average Bonchev–Trinajstić information content (AvgIpc) is 1.59. The van der Waals surface area contributed by atoms with Gasteiger partial charge in [0, 0.05) is 5.54 Å². The highest BCUT2D eigenvalue weighted by atomic mass is 14.7. The van der Waals surface area contributed by atoms with Crippen LogP contribution in [0.1, 0.15) is 27.2 Å². The minimum atomic E-state index is -0.129. The zero-order valence-electron chi connectivity index (χ0n) is 5.94. The summed E-state index contributed by atoms with van der Waals surface area (Å²) < 4.78 is 0. The van der Waals surface area contributed by atoms with Gasteiger partial charge in [-0.2, -0.15) is 0 Å². The smallest absolute Gasteiger partial charge is 0.0281 e. The molecule has 0 saturated carbocycles. The van der Waals surface area contributed by atoms with Crippen molar-refractivity contribution in [3.63, 3.8) is 0 Å². The van der Waals surface area contributed by atoms with Crippen molar-refractivity contribution in [1.29, 1.82) is 0 Å². The largest absolute Gasteiger partial charge is 0.322 e. The molecule has 0 fully saturated rings. The van der Waals surface area contributed by atoms with Crippen LogP contribution in [0.3, 0.4) is 0 Å². The summed E-state index contributed by atoms with van der Waals surface area (Å²) in [6, 6.07) is 0. The molecule has 0 aromatic carbocycles. The van der Waals surface area contributed by atoms with Crippen molar-refractivity contribution in [3.8, 4) is 0 Å². The van der Waals surface area contributed by atoms with E-state index in [0.717, 1.165) is 6.42 Å². The molecular formula is C7H15N. The highest BCUT2D eigenvalue weighted by molar-refractivity contribution is 4.97. The summed E-state index contributed by atoms with van der Waals surface area (Å²) in [5, 5.41) is 0. The van der Waals surface area contributed by atoms with Gasteiger partial charge in [-0.15, -0.1) is 0 Å². The minimum Gasteiger partial charge on any atom is -0.322 e. The lowest BCUT2D eigenvalue weighted by molar-refractivity contribution is 0.652. The molecule has 0 saturated heterocycles. The minimum absolute atomic E-state index is 0.129. The van der Waals surface area contributed by atoms with Crippen molar-refractivity contribution in [2.45, 2.75) is 32.7 Å². The fourth-order valence-corrected chi connectivity index (χ4v) is 0.422. The second-order valence-corrected chi connectivity index (χ2v) is 2.63. The normalized spacial score (nSPS) is 13.0. The van der Waals surface area contributed by atoms with Crippen LogP contribution < -0.4 is 5.73 Å². The Morgan fingerprint density at radius 3 is 2.12 bits per heavy atom. The van der Waals surface area contributed by atoms with E-state index in [9.17, 15) is 0 Å². The molecular weight excluding hydrogens is 98.1 g/mol. The van der Waals surface area contributed by atoms with E-state index in [-0.39, 0.29) is 5.54 Å². The lowest BCUT2D eigenvalue weighted by atomic mass is 10.1. The van der Waals surface area contributed by atoms with Crippen molar-refractivity contribution < 1.29 is 0 Å². The van der Waals surface area contributed by atoms with Gasteiger partial charge in [0.05, 0.1) is 0 Å². The summed E-state index contributed by atoms with van der Waals surface area (Å²) in [5.74, 6) is 0. The Morgan fingerprint density at radius 2 is 2.00 bits per heavy atom. The van der Waals surface area contributed by atoms with Crippen LogP contribution in [0.15, 0.2) is 12.2 Å². The first-order valence-electron chi connectivity index (χ1n) is 3.03. The molecule has 0 heterocycles. The number of allylic oxidation sites excluding steroid dienone is 1. The molecule has 0 radical (unpaired) electrons. The highest BCUT2D eigenvalue weighted by Gasteiger charge is 2.01. The first kappa shape index (κ1) is 7.70. The topological polar surface area (TPSA) is 26.0 Å². The van der Waals surface area contributed by atoms with Gasteiger partial charge >= 0.3 is 0 Å². The molecule has 0 unspecified atom stereocenters. The van der Waals surface area contributed by atoms with E-state index in [1.165, 1.54) is 0 Å². The molecule has 0 aromatic heterocycles. The van der Waals surface area contributed by atoms with E-state index in [4.69, 9.17) is 5.73 Å². The molecule has 0 aliphatic carbocycles.